The van der Waals surface area contributed by atoms with Gasteiger partial charge in [0.25, 0.3) is 5.91 Å². The summed E-state index contributed by atoms with van der Waals surface area (Å²) in [4.78, 5) is 24.6. The van der Waals surface area contributed by atoms with Crippen molar-refractivity contribution >= 4 is 29.1 Å². The molecule has 0 aliphatic rings. The van der Waals surface area contributed by atoms with Gasteiger partial charge >= 0.3 is 5.97 Å². The number of aliphatic hydroxyl groups is 1. The highest BCUT2D eigenvalue weighted by Gasteiger charge is 2.18. The average Bonchev–Trinajstić information content (AvgIpc) is 2.84. The Kier molecular flexibility index (Phi) is 8.64. The van der Waals surface area contributed by atoms with Crippen molar-refractivity contribution in [1.29, 1.82) is 5.41 Å². The molecule has 9 nitrogen and oxygen atoms in total. The van der Waals surface area contributed by atoms with E-state index in [0.717, 1.165) is 0 Å². The van der Waals surface area contributed by atoms with Gasteiger partial charge in [-0.15, -0.1) is 0 Å². The van der Waals surface area contributed by atoms with Gasteiger partial charge in [-0.05, 0) is 67.4 Å². The van der Waals surface area contributed by atoms with Gasteiger partial charge in [0.15, 0.2) is 0 Å². The Morgan fingerprint density at radius 2 is 1.78 bits per heavy atom. The molecular weight excluding hydrogens is 460 g/mol. The third kappa shape index (κ3) is 6.83. The van der Waals surface area contributed by atoms with Gasteiger partial charge in [0.05, 0.1) is 24.7 Å². The standard InChI is InChI=1S/C27H30N4O5/c1-16(2)36-24-12-17(15-32)11-19(22(24)13-25(33)34)14-30-23-6-4-3-5-21(23)27(35)31-20-9-7-18(8-10-20)26(28)29/h3-12,16,30,32H,13-15H2,1-2H3,(H3,28,29)(H,31,35)(H,33,34). The second-order valence-corrected chi connectivity index (χ2v) is 8.47. The lowest BCUT2D eigenvalue weighted by molar-refractivity contribution is -0.136. The van der Waals surface area contributed by atoms with Crippen LogP contribution in [0, 0.1) is 5.41 Å². The number of ether oxygens (including phenoxy) is 1. The lowest BCUT2D eigenvalue weighted by atomic mass is 9.99. The summed E-state index contributed by atoms with van der Waals surface area (Å²) < 4.78 is 5.85. The van der Waals surface area contributed by atoms with Crippen LogP contribution in [0.4, 0.5) is 11.4 Å². The highest BCUT2D eigenvalue weighted by molar-refractivity contribution is 6.08. The molecule has 0 radical (unpaired) electrons. The van der Waals surface area contributed by atoms with Crippen molar-refractivity contribution in [2.75, 3.05) is 10.6 Å². The molecular formula is C27H30N4O5. The van der Waals surface area contributed by atoms with Crippen LogP contribution in [0.15, 0.2) is 60.7 Å². The highest BCUT2D eigenvalue weighted by Crippen LogP contribution is 2.28. The quantitative estimate of drug-likeness (QED) is 0.176. The molecule has 0 aliphatic heterocycles. The van der Waals surface area contributed by atoms with Crippen LogP contribution in [0.3, 0.4) is 0 Å². The number of nitrogen functional groups attached to an aromatic ring is 1. The number of nitrogens with two attached hydrogens (primary N) is 1. The number of carboxylic acid groups (broad SMARTS) is 1. The molecule has 0 atom stereocenters. The largest absolute Gasteiger partial charge is 0.491 e. The molecule has 3 rings (SSSR count). The van der Waals surface area contributed by atoms with E-state index in [1.54, 1.807) is 60.7 Å². The minimum Gasteiger partial charge on any atom is -0.491 e. The molecule has 0 aromatic heterocycles. The summed E-state index contributed by atoms with van der Waals surface area (Å²) in [5.41, 5.74) is 9.28. The van der Waals surface area contributed by atoms with Crippen molar-refractivity contribution in [3.63, 3.8) is 0 Å². The van der Waals surface area contributed by atoms with Crippen molar-refractivity contribution in [2.45, 2.75) is 39.5 Å². The Morgan fingerprint density at radius 3 is 2.39 bits per heavy atom. The van der Waals surface area contributed by atoms with E-state index in [-0.39, 0.29) is 37.4 Å². The lowest BCUT2D eigenvalue weighted by Gasteiger charge is -2.19. The van der Waals surface area contributed by atoms with Crippen LogP contribution in [0.25, 0.3) is 0 Å². The van der Waals surface area contributed by atoms with Gasteiger partial charge in [-0.1, -0.05) is 18.2 Å². The number of aliphatic hydroxyl groups excluding tert-OH is 1. The van der Waals surface area contributed by atoms with Gasteiger partial charge in [0.1, 0.15) is 11.6 Å². The van der Waals surface area contributed by atoms with Gasteiger partial charge < -0.3 is 31.3 Å². The van der Waals surface area contributed by atoms with Gasteiger partial charge in [0.2, 0.25) is 0 Å². The minimum atomic E-state index is -1.00. The number of carboxylic acids is 1. The van der Waals surface area contributed by atoms with E-state index in [1.807, 2.05) is 13.8 Å². The Bertz CT molecular complexity index is 1260. The number of rotatable bonds is 11. The predicted molar refractivity (Wildman–Crippen MR) is 139 cm³/mol. The Morgan fingerprint density at radius 1 is 1.08 bits per heavy atom. The molecule has 3 aromatic carbocycles. The fraction of sp³-hybridized carbons (Fsp3) is 0.222. The first-order valence-corrected chi connectivity index (χ1v) is 11.4. The predicted octanol–water partition coefficient (Wildman–Crippen LogP) is 3.74. The zero-order valence-corrected chi connectivity index (χ0v) is 20.2. The number of hydrogen-bond acceptors (Lipinski definition) is 6. The summed E-state index contributed by atoms with van der Waals surface area (Å²) in [5, 5.41) is 32.7. The zero-order chi connectivity index (χ0) is 26.2. The van der Waals surface area contributed by atoms with Gasteiger partial charge in [0, 0.05) is 29.0 Å². The average molecular weight is 491 g/mol. The second-order valence-electron chi connectivity index (χ2n) is 8.47. The van der Waals surface area contributed by atoms with Crippen molar-refractivity contribution < 1.29 is 24.5 Å². The third-order valence-corrected chi connectivity index (χ3v) is 5.33. The first kappa shape index (κ1) is 26.2. The van der Waals surface area contributed by atoms with Crippen LogP contribution < -0.4 is 21.1 Å². The number of carbonyl (C=O) groups is 2. The van der Waals surface area contributed by atoms with Crippen molar-refractivity contribution in [2.24, 2.45) is 5.73 Å². The number of para-hydroxylation sites is 1. The van der Waals surface area contributed by atoms with E-state index in [4.69, 9.17) is 15.9 Å². The number of carbonyl (C=O) groups excluding carboxylic acids is 1. The number of benzene rings is 3. The monoisotopic (exact) mass is 490 g/mol. The number of amides is 1. The number of nitrogens with one attached hydrogen (secondary N) is 3. The fourth-order valence-corrected chi connectivity index (χ4v) is 3.68. The van der Waals surface area contributed by atoms with Crippen molar-refractivity contribution in [3.05, 3.63) is 88.5 Å². The fourth-order valence-electron chi connectivity index (χ4n) is 3.68. The summed E-state index contributed by atoms with van der Waals surface area (Å²) in [7, 11) is 0. The minimum absolute atomic E-state index is 0.0584. The van der Waals surface area contributed by atoms with Gasteiger partial charge in [-0.25, -0.2) is 0 Å². The molecule has 0 aliphatic carbocycles. The van der Waals surface area contributed by atoms with E-state index in [9.17, 15) is 19.8 Å². The van der Waals surface area contributed by atoms with E-state index < -0.39 is 5.97 Å². The maximum Gasteiger partial charge on any atom is 0.307 e. The number of aliphatic carboxylic acids is 1. The third-order valence-electron chi connectivity index (χ3n) is 5.33. The smallest absolute Gasteiger partial charge is 0.307 e. The lowest BCUT2D eigenvalue weighted by Crippen LogP contribution is -2.17. The van der Waals surface area contributed by atoms with Gasteiger partial charge in [-0.3, -0.25) is 15.0 Å². The normalized spacial score (nSPS) is 10.7. The Hall–Kier alpha value is -4.37. The summed E-state index contributed by atoms with van der Waals surface area (Å²) in [6.07, 6.45) is -0.426. The van der Waals surface area contributed by atoms with E-state index in [1.165, 1.54) is 0 Å². The van der Waals surface area contributed by atoms with Crippen LogP contribution in [-0.2, 0) is 24.4 Å². The molecule has 0 spiro atoms. The molecule has 0 heterocycles. The molecule has 0 fully saturated rings. The summed E-state index contributed by atoms with van der Waals surface area (Å²) in [5.74, 6) is -0.989. The van der Waals surface area contributed by atoms with Crippen LogP contribution >= 0.6 is 0 Å². The highest BCUT2D eigenvalue weighted by atomic mass is 16.5. The van der Waals surface area contributed by atoms with Gasteiger partial charge in [-0.2, -0.15) is 0 Å². The van der Waals surface area contributed by atoms with Crippen molar-refractivity contribution in [1.82, 2.24) is 0 Å². The molecule has 0 saturated heterocycles. The van der Waals surface area contributed by atoms with Crippen LogP contribution in [0.2, 0.25) is 0 Å². The molecule has 36 heavy (non-hydrogen) atoms. The van der Waals surface area contributed by atoms with Crippen molar-refractivity contribution in [3.8, 4) is 5.75 Å². The topological polar surface area (TPSA) is 158 Å². The van der Waals surface area contributed by atoms with E-state index in [0.29, 0.717) is 44.9 Å². The maximum atomic E-state index is 13.0. The number of hydrogen-bond donors (Lipinski definition) is 6. The van der Waals surface area contributed by atoms with Crippen LogP contribution in [-0.4, -0.2) is 34.0 Å². The van der Waals surface area contributed by atoms with E-state index in [2.05, 4.69) is 10.6 Å². The first-order chi connectivity index (χ1) is 17.2. The van der Waals surface area contributed by atoms with Crippen LogP contribution in [0.1, 0.15) is 46.5 Å². The molecule has 7 N–H and O–H groups in total. The second kappa shape index (κ2) is 11.9. The molecule has 0 unspecified atom stereocenters. The Labute approximate surface area is 209 Å². The summed E-state index contributed by atoms with van der Waals surface area (Å²) in [6.45, 7) is 3.67. The Balaban J connectivity index is 1.86. The molecule has 0 bridgehead atoms. The SMILES string of the molecule is CC(C)Oc1cc(CO)cc(CNc2ccccc2C(=O)Nc2ccc(C(=N)N)cc2)c1CC(=O)O. The first-order valence-electron chi connectivity index (χ1n) is 11.4. The summed E-state index contributed by atoms with van der Waals surface area (Å²) in [6, 6.07) is 17.0. The van der Waals surface area contributed by atoms with E-state index >= 15 is 0 Å². The molecule has 1 amide bonds. The van der Waals surface area contributed by atoms with Crippen LogP contribution in [0.5, 0.6) is 5.75 Å². The number of amidine groups is 1. The molecule has 0 saturated carbocycles. The zero-order valence-electron chi connectivity index (χ0n) is 20.2. The molecule has 9 heteroatoms. The number of anilines is 2. The molecule has 3 aromatic rings. The summed E-state index contributed by atoms with van der Waals surface area (Å²) >= 11 is 0. The maximum absolute atomic E-state index is 13.0. The molecule has 188 valence electrons.